The minimum atomic E-state index is 1.02. The highest BCUT2D eigenvalue weighted by Gasteiger charge is 2.01. The summed E-state index contributed by atoms with van der Waals surface area (Å²) in [6.45, 7) is 3.19. The van der Waals surface area contributed by atoms with Crippen molar-refractivity contribution in [1.29, 1.82) is 0 Å². The van der Waals surface area contributed by atoms with Crippen molar-refractivity contribution in [1.82, 2.24) is 10.3 Å². The molecule has 2 nitrogen and oxygen atoms in total. The van der Waals surface area contributed by atoms with E-state index in [1.807, 2.05) is 19.4 Å². The van der Waals surface area contributed by atoms with Gasteiger partial charge in [-0.2, -0.15) is 0 Å². The highest BCUT2D eigenvalue weighted by atomic mass is 14.8. The SMILES string of the molecule is CCc1cncc2cc(CCNC)ccc12. The summed E-state index contributed by atoms with van der Waals surface area (Å²) in [5.74, 6) is 0. The third-order valence-corrected chi connectivity index (χ3v) is 2.95. The Morgan fingerprint density at radius 3 is 2.88 bits per heavy atom. The lowest BCUT2D eigenvalue weighted by molar-refractivity contribution is 0.792. The van der Waals surface area contributed by atoms with Crippen LogP contribution in [-0.2, 0) is 12.8 Å². The monoisotopic (exact) mass is 214 g/mol. The summed E-state index contributed by atoms with van der Waals surface area (Å²) >= 11 is 0. The maximum absolute atomic E-state index is 4.29. The standard InChI is InChI=1S/C14H18N2/c1-3-12-9-16-10-13-8-11(6-7-15-2)4-5-14(12)13/h4-5,8-10,15H,3,6-7H2,1-2H3. The second-order valence-corrected chi connectivity index (χ2v) is 4.06. The lowest BCUT2D eigenvalue weighted by Gasteiger charge is -2.06. The fraction of sp³-hybridized carbons (Fsp3) is 0.357. The van der Waals surface area contributed by atoms with Gasteiger partial charge >= 0.3 is 0 Å². The molecule has 1 heterocycles. The van der Waals surface area contributed by atoms with Gasteiger partial charge in [0.15, 0.2) is 0 Å². The minimum Gasteiger partial charge on any atom is -0.319 e. The highest BCUT2D eigenvalue weighted by molar-refractivity contribution is 5.85. The first-order valence-electron chi connectivity index (χ1n) is 5.85. The van der Waals surface area contributed by atoms with E-state index in [4.69, 9.17) is 0 Å². The van der Waals surface area contributed by atoms with Gasteiger partial charge in [0.05, 0.1) is 0 Å². The molecule has 0 bridgehead atoms. The molecule has 0 radical (unpaired) electrons. The van der Waals surface area contributed by atoms with Crippen molar-refractivity contribution in [3.05, 3.63) is 41.7 Å². The quantitative estimate of drug-likeness (QED) is 0.846. The Labute approximate surface area is 96.7 Å². The number of hydrogen-bond donors (Lipinski definition) is 1. The van der Waals surface area contributed by atoms with Crippen LogP contribution in [0.5, 0.6) is 0 Å². The Hall–Kier alpha value is -1.41. The zero-order valence-electron chi connectivity index (χ0n) is 9.96. The fourth-order valence-corrected chi connectivity index (χ4v) is 2.00. The number of benzene rings is 1. The van der Waals surface area contributed by atoms with Gasteiger partial charge < -0.3 is 5.32 Å². The Kier molecular flexibility index (Phi) is 3.52. The van der Waals surface area contributed by atoms with Gasteiger partial charge in [0.1, 0.15) is 0 Å². The van der Waals surface area contributed by atoms with Crippen LogP contribution in [0.4, 0.5) is 0 Å². The first kappa shape index (κ1) is 11.1. The second-order valence-electron chi connectivity index (χ2n) is 4.06. The number of aromatic nitrogens is 1. The summed E-state index contributed by atoms with van der Waals surface area (Å²) in [5.41, 5.74) is 2.70. The molecule has 84 valence electrons. The van der Waals surface area contributed by atoms with Crippen LogP contribution < -0.4 is 5.32 Å². The van der Waals surface area contributed by atoms with Crippen molar-refractivity contribution in [3.63, 3.8) is 0 Å². The summed E-state index contributed by atoms with van der Waals surface area (Å²) < 4.78 is 0. The molecule has 2 rings (SSSR count). The van der Waals surface area contributed by atoms with E-state index in [0.717, 1.165) is 19.4 Å². The molecule has 0 aliphatic carbocycles. The van der Waals surface area contributed by atoms with Gasteiger partial charge in [-0.15, -0.1) is 0 Å². The summed E-state index contributed by atoms with van der Waals surface area (Å²) in [5, 5.41) is 5.77. The molecular weight excluding hydrogens is 196 g/mol. The first-order chi connectivity index (χ1) is 7.85. The van der Waals surface area contributed by atoms with Crippen molar-refractivity contribution in [3.8, 4) is 0 Å². The van der Waals surface area contributed by atoms with Crippen LogP contribution in [0, 0.1) is 0 Å². The smallest absolute Gasteiger partial charge is 0.0346 e. The number of likely N-dealkylation sites (N-methyl/N-ethyl adjacent to an activating group) is 1. The van der Waals surface area contributed by atoms with Gasteiger partial charge in [-0.05, 0) is 49.0 Å². The Bertz CT molecular complexity index is 477. The number of pyridine rings is 1. The van der Waals surface area contributed by atoms with Crippen LogP contribution in [0.1, 0.15) is 18.1 Å². The largest absolute Gasteiger partial charge is 0.319 e. The molecule has 0 saturated heterocycles. The molecule has 0 fully saturated rings. The van der Waals surface area contributed by atoms with E-state index in [1.165, 1.54) is 21.9 Å². The van der Waals surface area contributed by atoms with Crippen molar-refractivity contribution in [2.24, 2.45) is 0 Å². The van der Waals surface area contributed by atoms with Gasteiger partial charge in [0.25, 0.3) is 0 Å². The molecule has 2 heteroatoms. The second kappa shape index (κ2) is 5.08. The van der Waals surface area contributed by atoms with Crippen molar-refractivity contribution in [2.45, 2.75) is 19.8 Å². The number of hydrogen-bond acceptors (Lipinski definition) is 2. The van der Waals surface area contributed by atoms with Gasteiger partial charge in [-0.25, -0.2) is 0 Å². The normalized spacial score (nSPS) is 10.9. The molecule has 0 spiro atoms. The number of aryl methyl sites for hydroxylation is 1. The third kappa shape index (κ3) is 2.22. The van der Waals surface area contributed by atoms with Crippen LogP contribution in [0.25, 0.3) is 10.8 Å². The van der Waals surface area contributed by atoms with Crippen molar-refractivity contribution >= 4 is 10.8 Å². The molecule has 0 aliphatic rings. The predicted octanol–water partition coefficient (Wildman–Crippen LogP) is 2.56. The summed E-state index contributed by atoms with van der Waals surface area (Å²) in [7, 11) is 1.98. The van der Waals surface area contributed by atoms with Gasteiger partial charge in [0.2, 0.25) is 0 Å². The van der Waals surface area contributed by atoms with Crippen molar-refractivity contribution < 1.29 is 0 Å². The average molecular weight is 214 g/mol. The van der Waals surface area contributed by atoms with Crippen molar-refractivity contribution in [2.75, 3.05) is 13.6 Å². The molecular formula is C14H18N2. The van der Waals surface area contributed by atoms with Gasteiger partial charge in [0, 0.05) is 17.8 Å². The Morgan fingerprint density at radius 2 is 2.12 bits per heavy atom. The molecule has 0 unspecified atom stereocenters. The predicted molar refractivity (Wildman–Crippen MR) is 68.8 cm³/mol. The molecule has 0 atom stereocenters. The van der Waals surface area contributed by atoms with Crippen LogP contribution in [0.15, 0.2) is 30.6 Å². The third-order valence-electron chi connectivity index (χ3n) is 2.95. The molecule has 1 aromatic heterocycles. The van der Waals surface area contributed by atoms with E-state index in [0.29, 0.717) is 0 Å². The summed E-state index contributed by atoms with van der Waals surface area (Å²) in [4.78, 5) is 4.29. The average Bonchev–Trinajstić information content (AvgIpc) is 2.35. The van der Waals surface area contributed by atoms with E-state index in [9.17, 15) is 0 Å². The first-order valence-corrected chi connectivity index (χ1v) is 5.85. The van der Waals surface area contributed by atoms with Gasteiger partial charge in [-0.3, -0.25) is 4.98 Å². The van der Waals surface area contributed by atoms with E-state index in [1.54, 1.807) is 0 Å². The lowest BCUT2D eigenvalue weighted by Crippen LogP contribution is -2.10. The Morgan fingerprint density at radius 1 is 1.25 bits per heavy atom. The molecule has 0 saturated carbocycles. The molecule has 0 aliphatic heterocycles. The molecule has 1 N–H and O–H groups in total. The van der Waals surface area contributed by atoms with E-state index in [2.05, 4.69) is 35.4 Å². The van der Waals surface area contributed by atoms with E-state index in [-0.39, 0.29) is 0 Å². The Balaban J connectivity index is 2.39. The number of nitrogens with one attached hydrogen (secondary N) is 1. The zero-order chi connectivity index (χ0) is 11.4. The van der Waals surface area contributed by atoms with E-state index >= 15 is 0 Å². The molecule has 0 amide bonds. The van der Waals surface area contributed by atoms with Crippen LogP contribution in [0.3, 0.4) is 0 Å². The maximum Gasteiger partial charge on any atom is 0.0346 e. The van der Waals surface area contributed by atoms with E-state index < -0.39 is 0 Å². The topological polar surface area (TPSA) is 24.9 Å². The number of nitrogens with zero attached hydrogens (tertiary/aromatic N) is 1. The zero-order valence-corrected chi connectivity index (χ0v) is 9.96. The summed E-state index contributed by atoms with van der Waals surface area (Å²) in [6.07, 6.45) is 6.04. The highest BCUT2D eigenvalue weighted by Crippen LogP contribution is 2.19. The molecule has 1 aromatic carbocycles. The van der Waals surface area contributed by atoms with Crippen LogP contribution >= 0.6 is 0 Å². The number of fused-ring (bicyclic) bond motifs is 1. The molecule has 16 heavy (non-hydrogen) atoms. The maximum atomic E-state index is 4.29. The van der Waals surface area contributed by atoms with Crippen LogP contribution in [-0.4, -0.2) is 18.6 Å². The van der Waals surface area contributed by atoms with Crippen LogP contribution in [0.2, 0.25) is 0 Å². The fourth-order valence-electron chi connectivity index (χ4n) is 2.00. The lowest BCUT2D eigenvalue weighted by atomic mass is 10.0. The summed E-state index contributed by atoms with van der Waals surface area (Å²) in [6, 6.07) is 6.69. The minimum absolute atomic E-state index is 1.02. The molecule has 2 aromatic rings. The van der Waals surface area contributed by atoms with Gasteiger partial charge in [-0.1, -0.05) is 19.1 Å². The number of rotatable bonds is 4.